The van der Waals surface area contributed by atoms with Crippen LogP contribution in [0.2, 0.25) is 0 Å². The Morgan fingerprint density at radius 2 is 2.19 bits per heavy atom. The van der Waals surface area contributed by atoms with Crippen LogP contribution in [0.15, 0.2) is 18.2 Å². The molecule has 0 amide bonds. The monoisotopic (exact) mass is 293 g/mol. The summed E-state index contributed by atoms with van der Waals surface area (Å²) in [6.07, 6.45) is 2.17. The van der Waals surface area contributed by atoms with E-state index in [0.717, 1.165) is 38.1 Å². The van der Waals surface area contributed by atoms with Crippen molar-refractivity contribution in [3.05, 3.63) is 29.8 Å². The van der Waals surface area contributed by atoms with Gasteiger partial charge in [-0.25, -0.2) is 8.78 Å². The van der Waals surface area contributed by atoms with Crippen LogP contribution < -0.4 is 10.6 Å². The number of H-pyrrole nitrogens is 1. The van der Waals surface area contributed by atoms with Gasteiger partial charge in [0.2, 0.25) is 5.95 Å². The van der Waals surface area contributed by atoms with Crippen LogP contribution in [0.25, 0.3) is 11.4 Å². The van der Waals surface area contributed by atoms with E-state index in [1.165, 1.54) is 6.07 Å². The summed E-state index contributed by atoms with van der Waals surface area (Å²) in [7, 11) is 0. The number of nitrogens with two attached hydrogens (primary N) is 1. The van der Waals surface area contributed by atoms with Gasteiger partial charge in [-0.1, -0.05) is 0 Å². The van der Waals surface area contributed by atoms with Gasteiger partial charge in [-0.3, -0.25) is 5.10 Å². The standard InChI is InChI=1S/C14H17F2N5/c15-11-4-3-10(6-12(11)16)13-18-14(20-19-13)21-5-1-2-9(7-17)8-21/h3-4,6,9H,1-2,5,7-8,17H2,(H,18,19,20). The first-order valence-electron chi connectivity index (χ1n) is 7.00. The van der Waals surface area contributed by atoms with Crippen LogP contribution >= 0.6 is 0 Å². The third kappa shape index (κ3) is 2.87. The smallest absolute Gasteiger partial charge is 0.245 e. The highest BCUT2D eigenvalue weighted by Crippen LogP contribution is 2.23. The number of aromatic nitrogens is 3. The van der Waals surface area contributed by atoms with Crippen LogP contribution in [0.3, 0.4) is 0 Å². The Morgan fingerprint density at radius 3 is 2.95 bits per heavy atom. The van der Waals surface area contributed by atoms with Gasteiger partial charge in [-0.2, -0.15) is 4.98 Å². The van der Waals surface area contributed by atoms with Crippen molar-refractivity contribution in [3.8, 4) is 11.4 Å². The van der Waals surface area contributed by atoms with E-state index >= 15 is 0 Å². The van der Waals surface area contributed by atoms with Crippen molar-refractivity contribution in [2.24, 2.45) is 11.7 Å². The predicted molar refractivity (Wildman–Crippen MR) is 75.7 cm³/mol. The Labute approximate surface area is 121 Å². The molecular formula is C14H17F2N5. The van der Waals surface area contributed by atoms with Gasteiger partial charge in [0.05, 0.1) is 0 Å². The maximum absolute atomic E-state index is 13.3. The first kappa shape index (κ1) is 13.9. The summed E-state index contributed by atoms with van der Waals surface area (Å²) >= 11 is 0. The highest BCUT2D eigenvalue weighted by molar-refractivity contribution is 5.56. The molecule has 7 heteroatoms. The number of anilines is 1. The molecule has 0 radical (unpaired) electrons. The predicted octanol–water partition coefficient (Wildman–Crippen LogP) is 1.93. The number of nitrogens with zero attached hydrogens (tertiary/aromatic N) is 3. The van der Waals surface area contributed by atoms with E-state index in [-0.39, 0.29) is 0 Å². The Balaban J connectivity index is 1.81. The van der Waals surface area contributed by atoms with Crippen LogP contribution in [-0.4, -0.2) is 34.8 Å². The van der Waals surface area contributed by atoms with E-state index in [9.17, 15) is 8.78 Å². The molecule has 0 bridgehead atoms. The highest BCUT2D eigenvalue weighted by Gasteiger charge is 2.22. The maximum atomic E-state index is 13.3. The molecule has 3 N–H and O–H groups in total. The van der Waals surface area contributed by atoms with Crippen molar-refractivity contribution >= 4 is 5.95 Å². The maximum Gasteiger partial charge on any atom is 0.245 e. The Morgan fingerprint density at radius 1 is 1.33 bits per heavy atom. The number of piperidine rings is 1. The van der Waals surface area contributed by atoms with Crippen molar-refractivity contribution in [2.75, 3.05) is 24.5 Å². The lowest BCUT2D eigenvalue weighted by Gasteiger charge is -2.31. The normalized spacial score (nSPS) is 19.0. The molecule has 112 valence electrons. The van der Waals surface area contributed by atoms with Gasteiger partial charge in [0.1, 0.15) is 0 Å². The van der Waals surface area contributed by atoms with E-state index < -0.39 is 11.6 Å². The SMILES string of the molecule is NCC1CCCN(c2n[nH]c(-c3ccc(F)c(F)c3)n2)C1. The summed E-state index contributed by atoms with van der Waals surface area (Å²) in [6, 6.07) is 3.67. The number of rotatable bonds is 3. The minimum atomic E-state index is -0.897. The summed E-state index contributed by atoms with van der Waals surface area (Å²) in [5.41, 5.74) is 6.19. The summed E-state index contributed by atoms with van der Waals surface area (Å²) < 4.78 is 26.2. The number of benzene rings is 1. The van der Waals surface area contributed by atoms with Crippen LogP contribution in [0, 0.1) is 17.6 Å². The molecule has 1 aromatic carbocycles. The van der Waals surface area contributed by atoms with Crippen LogP contribution in [-0.2, 0) is 0 Å². The lowest BCUT2D eigenvalue weighted by Crippen LogP contribution is -2.38. The second-order valence-electron chi connectivity index (χ2n) is 5.30. The average molecular weight is 293 g/mol. The van der Waals surface area contributed by atoms with Crippen LogP contribution in [0.5, 0.6) is 0 Å². The Kier molecular flexibility index (Phi) is 3.83. The van der Waals surface area contributed by atoms with E-state index in [0.29, 0.717) is 29.8 Å². The molecular weight excluding hydrogens is 276 g/mol. The third-order valence-electron chi connectivity index (χ3n) is 3.80. The number of hydrogen-bond acceptors (Lipinski definition) is 4. The Hall–Kier alpha value is -2.02. The molecule has 1 saturated heterocycles. The number of aromatic amines is 1. The highest BCUT2D eigenvalue weighted by atomic mass is 19.2. The van der Waals surface area contributed by atoms with E-state index in [4.69, 9.17) is 5.73 Å². The van der Waals surface area contributed by atoms with Crippen molar-refractivity contribution < 1.29 is 8.78 Å². The van der Waals surface area contributed by atoms with Gasteiger partial charge in [-0.05, 0) is 43.5 Å². The zero-order chi connectivity index (χ0) is 14.8. The first-order chi connectivity index (χ1) is 10.2. The molecule has 2 aromatic rings. The molecule has 1 aliphatic rings. The van der Waals surface area contributed by atoms with Gasteiger partial charge >= 0.3 is 0 Å². The summed E-state index contributed by atoms with van der Waals surface area (Å²) in [5.74, 6) is -0.317. The number of hydrogen-bond donors (Lipinski definition) is 2. The topological polar surface area (TPSA) is 70.8 Å². The quantitative estimate of drug-likeness (QED) is 0.907. The fraction of sp³-hybridized carbons (Fsp3) is 0.429. The molecule has 1 atom stereocenters. The van der Waals surface area contributed by atoms with Gasteiger partial charge in [0.15, 0.2) is 17.5 Å². The minimum absolute atomic E-state index is 0.429. The molecule has 0 spiro atoms. The first-order valence-corrected chi connectivity index (χ1v) is 7.00. The molecule has 21 heavy (non-hydrogen) atoms. The lowest BCUT2D eigenvalue weighted by molar-refractivity contribution is 0.420. The van der Waals surface area contributed by atoms with Gasteiger partial charge in [-0.15, -0.1) is 5.10 Å². The molecule has 2 heterocycles. The lowest BCUT2D eigenvalue weighted by atomic mass is 9.99. The summed E-state index contributed by atoms with van der Waals surface area (Å²) in [6.45, 7) is 2.36. The average Bonchev–Trinajstić information content (AvgIpc) is 3.00. The van der Waals surface area contributed by atoms with Gasteiger partial charge in [0.25, 0.3) is 0 Å². The molecule has 1 fully saturated rings. The summed E-state index contributed by atoms with van der Waals surface area (Å²) in [5, 5.41) is 6.95. The molecule has 0 saturated carbocycles. The van der Waals surface area contributed by atoms with Crippen LogP contribution in [0.4, 0.5) is 14.7 Å². The van der Waals surface area contributed by atoms with E-state index in [1.807, 2.05) is 0 Å². The molecule has 1 unspecified atom stereocenters. The second kappa shape index (κ2) is 5.77. The van der Waals surface area contributed by atoms with E-state index in [2.05, 4.69) is 20.1 Å². The Bertz CT molecular complexity index is 628. The van der Waals surface area contributed by atoms with Crippen molar-refractivity contribution in [3.63, 3.8) is 0 Å². The molecule has 0 aliphatic carbocycles. The van der Waals surface area contributed by atoms with E-state index in [1.54, 1.807) is 0 Å². The van der Waals surface area contributed by atoms with Crippen LogP contribution in [0.1, 0.15) is 12.8 Å². The van der Waals surface area contributed by atoms with Crippen molar-refractivity contribution in [2.45, 2.75) is 12.8 Å². The zero-order valence-electron chi connectivity index (χ0n) is 11.5. The zero-order valence-corrected chi connectivity index (χ0v) is 11.5. The molecule has 5 nitrogen and oxygen atoms in total. The third-order valence-corrected chi connectivity index (χ3v) is 3.80. The van der Waals surface area contributed by atoms with Crippen molar-refractivity contribution in [1.82, 2.24) is 15.2 Å². The largest absolute Gasteiger partial charge is 0.339 e. The fourth-order valence-electron chi connectivity index (χ4n) is 2.61. The number of nitrogens with one attached hydrogen (secondary N) is 1. The summed E-state index contributed by atoms with van der Waals surface area (Å²) in [4.78, 5) is 6.44. The molecule has 1 aliphatic heterocycles. The van der Waals surface area contributed by atoms with Crippen molar-refractivity contribution in [1.29, 1.82) is 0 Å². The number of halogens is 2. The second-order valence-corrected chi connectivity index (χ2v) is 5.30. The minimum Gasteiger partial charge on any atom is -0.339 e. The van der Waals surface area contributed by atoms with Gasteiger partial charge < -0.3 is 10.6 Å². The fourth-order valence-corrected chi connectivity index (χ4v) is 2.61. The van der Waals surface area contributed by atoms with Gasteiger partial charge in [0, 0.05) is 18.7 Å². The molecule has 3 rings (SSSR count). The molecule has 1 aromatic heterocycles.